The van der Waals surface area contributed by atoms with Crippen LogP contribution in [0.1, 0.15) is 10.6 Å². The molecule has 0 fully saturated rings. The third kappa shape index (κ3) is 3.70. The molecule has 0 saturated carbocycles. The largest absolute Gasteiger partial charge is 0.352 e. The van der Waals surface area contributed by atoms with Gasteiger partial charge in [-0.05, 0) is 35.1 Å². The Morgan fingerprint density at radius 3 is 2.70 bits per heavy atom. The van der Waals surface area contributed by atoms with E-state index < -0.39 is 10.0 Å². The van der Waals surface area contributed by atoms with Gasteiger partial charge in [-0.1, -0.05) is 0 Å². The minimum atomic E-state index is -3.48. The molecular formula is C12H16BrN3O2S2. The summed E-state index contributed by atoms with van der Waals surface area (Å²) < 4.78 is 29.9. The Morgan fingerprint density at radius 1 is 1.35 bits per heavy atom. The molecule has 0 amide bonds. The van der Waals surface area contributed by atoms with E-state index in [1.165, 1.54) is 11.3 Å². The summed E-state index contributed by atoms with van der Waals surface area (Å²) in [6.45, 7) is 0.929. The Bertz CT molecular complexity index is 691. The molecule has 0 aliphatic carbocycles. The van der Waals surface area contributed by atoms with E-state index in [2.05, 4.69) is 26.0 Å². The Kier molecular flexibility index (Phi) is 5.03. The molecular weight excluding hydrogens is 362 g/mol. The molecule has 0 saturated heterocycles. The van der Waals surface area contributed by atoms with E-state index in [1.807, 2.05) is 30.1 Å². The average molecular weight is 378 g/mol. The van der Waals surface area contributed by atoms with Crippen molar-refractivity contribution in [1.82, 2.24) is 14.6 Å². The molecule has 2 rings (SSSR count). The Balaban J connectivity index is 2.11. The standard InChI is InChI=1S/C12H16BrN3O2S2/c1-14-5-10-4-12(7-16(10)2)20(17,18)15-6-11-3-9(13)8-19-11/h3-4,7-8,14-15H,5-6H2,1-2H3. The zero-order chi connectivity index (χ0) is 14.8. The van der Waals surface area contributed by atoms with Crippen LogP contribution in [0.25, 0.3) is 0 Å². The van der Waals surface area contributed by atoms with Gasteiger partial charge in [0.2, 0.25) is 10.0 Å². The molecule has 0 aliphatic heterocycles. The number of hydrogen-bond donors (Lipinski definition) is 2. The number of thiophene rings is 1. The van der Waals surface area contributed by atoms with Crippen LogP contribution in [0.5, 0.6) is 0 Å². The number of hydrogen-bond acceptors (Lipinski definition) is 4. The highest BCUT2D eigenvalue weighted by molar-refractivity contribution is 9.10. The summed E-state index contributed by atoms with van der Waals surface area (Å²) in [5.74, 6) is 0. The normalized spacial score (nSPS) is 11.9. The van der Waals surface area contributed by atoms with Gasteiger partial charge in [-0.2, -0.15) is 0 Å². The second-order valence-electron chi connectivity index (χ2n) is 4.36. The van der Waals surface area contributed by atoms with E-state index in [9.17, 15) is 8.42 Å². The molecule has 0 bridgehead atoms. The van der Waals surface area contributed by atoms with Gasteiger partial charge in [-0.3, -0.25) is 0 Å². The number of aryl methyl sites for hydroxylation is 1. The van der Waals surface area contributed by atoms with Crippen LogP contribution in [0.15, 0.2) is 33.1 Å². The highest BCUT2D eigenvalue weighted by atomic mass is 79.9. The number of sulfonamides is 1. The summed E-state index contributed by atoms with van der Waals surface area (Å²) >= 11 is 4.86. The third-order valence-corrected chi connectivity index (χ3v) is 5.88. The predicted molar refractivity (Wildman–Crippen MR) is 84.2 cm³/mol. The van der Waals surface area contributed by atoms with Crippen molar-refractivity contribution in [3.63, 3.8) is 0 Å². The first-order valence-electron chi connectivity index (χ1n) is 5.95. The molecule has 2 N–H and O–H groups in total. The van der Waals surface area contributed by atoms with Gasteiger partial charge in [-0.25, -0.2) is 13.1 Å². The van der Waals surface area contributed by atoms with Crippen molar-refractivity contribution < 1.29 is 8.42 Å². The Labute approximate surface area is 131 Å². The van der Waals surface area contributed by atoms with E-state index in [0.717, 1.165) is 15.0 Å². The van der Waals surface area contributed by atoms with Crippen molar-refractivity contribution >= 4 is 37.3 Å². The highest BCUT2D eigenvalue weighted by Gasteiger charge is 2.17. The van der Waals surface area contributed by atoms with E-state index in [-0.39, 0.29) is 0 Å². The van der Waals surface area contributed by atoms with Gasteiger partial charge in [0, 0.05) is 46.8 Å². The summed E-state index contributed by atoms with van der Waals surface area (Å²) in [6.07, 6.45) is 1.62. The fourth-order valence-electron chi connectivity index (χ4n) is 1.78. The van der Waals surface area contributed by atoms with Crippen LogP contribution >= 0.6 is 27.3 Å². The minimum absolute atomic E-state index is 0.292. The second kappa shape index (κ2) is 6.40. The van der Waals surface area contributed by atoms with Gasteiger partial charge in [0.15, 0.2) is 0 Å². The van der Waals surface area contributed by atoms with Crippen molar-refractivity contribution in [3.05, 3.63) is 38.8 Å². The van der Waals surface area contributed by atoms with Gasteiger partial charge in [0.05, 0.1) is 4.90 Å². The van der Waals surface area contributed by atoms with Crippen LogP contribution in [0.3, 0.4) is 0 Å². The van der Waals surface area contributed by atoms with E-state index in [0.29, 0.717) is 18.0 Å². The number of nitrogens with zero attached hydrogens (tertiary/aromatic N) is 1. The first kappa shape index (κ1) is 15.7. The lowest BCUT2D eigenvalue weighted by molar-refractivity contribution is 0.581. The lowest BCUT2D eigenvalue weighted by Gasteiger charge is -2.02. The monoisotopic (exact) mass is 377 g/mol. The maximum atomic E-state index is 12.2. The van der Waals surface area contributed by atoms with Crippen LogP contribution in [0.4, 0.5) is 0 Å². The molecule has 0 aliphatic rings. The van der Waals surface area contributed by atoms with Gasteiger partial charge in [-0.15, -0.1) is 11.3 Å². The fraction of sp³-hybridized carbons (Fsp3) is 0.333. The Morgan fingerprint density at radius 2 is 2.10 bits per heavy atom. The zero-order valence-electron chi connectivity index (χ0n) is 11.2. The highest BCUT2D eigenvalue weighted by Crippen LogP contribution is 2.20. The smallest absolute Gasteiger partial charge is 0.242 e. The molecule has 0 aromatic carbocycles. The van der Waals surface area contributed by atoms with E-state index in [1.54, 1.807) is 12.3 Å². The van der Waals surface area contributed by atoms with Crippen molar-refractivity contribution in [1.29, 1.82) is 0 Å². The van der Waals surface area contributed by atoms with Crippen LogP contribution in [-0.4, -0.2) is 20.0 Å². The van der Waals surface area contributed by atoms with E-state index in [4.69, 9.17) is 0 Å². The SMILES string of the molecule is CNCc1cc(S(=O)(=O)NCc2cc(Br)cs2)cn1C. The maximum absolute atomic E-state index is 12.2. The minimum Gasteiger partial charge on any atom is -0.352 e. The van der Waals surface area contributed by atoms with Crippen molar-refractivity contribution in [3.8, 4) is 0 Å². The number of nitrogens with one attached hydrogen (secondary N) is 2. The molecule has 5 nitrogen and oxygen atoms in total. The number of rotatable bonds is 6. The topological polar surface area (TPSA) is 63.1 Å². The van der Waals surface area contributed by atoms with Crippen molar-refractivity contribution in [2.75, 3.05) is 7.05 Å². The lowest BCUT2D eigenvalue weighted by atomic mass is 10.4. The molecule has 2 aromatic rings. The van der Waals surface area contributed by atoms with Gasteiger partial charge >= 0.3 is 0 Å². The Hall–Kier alpha value is -0.670. The van der Waals surface area contributed by atoms with Crippen LogP contribution in [-0.2, 0) is 30.2 Å². The zero-order valence-corrected chi connectivity index (χ0v) is 14.4. The molecule has 2 heterocycles. The predicted octanol–water partition coefficient (Wildman–Crippen LogP) is 2.05. The first-order chi connectivity index (χ1) is 9.42. The average Bonchev–Trinajstić information content (AvgIpc) is 2.95. The van der Waals surface area contributed by atoms with Gasteiger partial charge < -0.3 is 9.88 Å². The molecule has 0 radical (unpaired) electrons. The molecule has 0 spiro atoms. The van der Waals surface area contributed by atoms with Gasteiger partial charge in [0.25, 0.3) is 0 Å². The summed E-state index contributed by atoms with van der Waals surface area (Å²) in [4.78, 5) is 1.26. The summed E-state index contributed by atoms with van der Waals surface area (Å²) in [7, 11) is 0.186. The first-order valence-corrected chi connectivity index (χ1v) is 9.10. The summed E-state index contributed by atoms with van der Waals surface area (Å²) in [6, 6.07) is 3.59. The van der Waals surface area contributed by atoms with Crippen molar-refractivity contribution in [2.45, 2.75) is 18.0 Å². The van der Waals surface area contributed by atoms with Gasteiger partial charge in [0.1, 0.15) is 0 Å². The fourth-order valence-corrected chi connectivity index (χ4v) is 4.36. The van der Waals surface area contributed by atoms with Crippen LogP contribution < -0.4 is 10.0 Å². The second-order valence-corrected chi connectivity index (χ2v) is 8.04. The molecule has 8 heteroatoms. The maximum Gasteiger partial charge on any atom is 0.242 e. The van der Waals surface area contributed by atoms with Crippen LogP contribution in [0, 0.1) is 0 Å². The molecule has 0 unspecified atom stereocenters. The summed E-state index contributed by atoms with van der Waals surface area (Å²) in [5, 5.41) is 4.94. The van der Waals surface area contributed by atoms with E-state index >= 15 is 0 Å². The quantitative estimate of drug-likeness (QED) is 0.809. The lowest BCUT2D eigenvalue weighted by Crippen LogP contribution is -2.22. The van der Waals surface area contributed by atoms with Crippen LogP contribution in [0.2, 0.25) is 0 Å². The number of aromatic nitrogens is 1. The molecule has 110 valence electrons. The molecule has 20 heavy (non-hydrogen) atoms. The third-order valence-electron chi connectivity index (χ3n) is 2.81. The van der Waals surface area contributed by atoms with Crippen molar-refractivity contribution in [2.24, 2.45) is 7.05 Å². The number of halogens is 1. The summed E-state index contributed by atoms with van der Waals surface area (Å²) in [5.41, 5.74) is 0.923. The molecule has 0 atom stereocenters. The molecule has 2 aromatic heterocycles.